The molecule has 1 aliphatic rings. The van der Waals surface area contributed by atoms with Crippen molar-refractivity contribution < 1.29 is 32.9 Å². The minimum Gasteiger partial charge on any atom is -0.493 e. The lowest BCUT2D eigenvalue weighted by Gasteiger charge is -2.23. The second-order valence-corrected chi connectivity index (χ2v) is 11.1. The van der Waals surface area contributed by atoms with Crippen LogP contribution < -0.4 is 33.8 Å². The van der Waals surface area contributed by atoms with Crippen molar-refractivity contribution in [1.29, 1.82) is 0 Å². The maximum absolute atomic E-state index is 14.0. The first kappa shape index (κ1) is 31.8. The Morgan fingerprint density at radius 2 is 1.80 bits per heavy atom. The van der Waals surface area contributed by atoms with E-state index in [-0.39, 0.29) is 34.3 Å². The van der Waals surface area contributed by atoms with Gasteiger partial charge in [0.1, 0.15) is 12.4 Å². The van der Waals surface area contributed by atoms with E-state index < -0.39 is 12.0 Å². The van der Waals surface area contributed by atoms with E-state index in [2.05, 4.69) is 4.99 Å². The van der Waals surface area contributed by atoms with E-state index in [1.807, 2.05) is 13.8 Å². The van der Waals surface area contributed by atoms with Crippen molar-refractivity contribution in [2.45, 2.75) is 26.5 Å². The van der Waals surface area contributed by atoms with Gasteiger partial charge in [-0.25, -0.2) is 14.2 Å². The number of carbonyl (C=O) groups is 1. The van der Waals surface area contributed by atoms with Gasteiger partial charge in [-0.05, 0) is 73.0 Å². The molecule has 0 radical (unpaired) electrons. The van der Waals surface area contributed by atoms with Gasteiger partial charge in [0.2, 0.25) is 0 Å². The first-order valence-electron chi connectivity index (χ1n) is 14.0. The van der Waals surface area contributed by atoms with Gasteiger partial charge in [-0.15, -0.1) is 0 Å². The van der Waals surface area contributed by atoms with Gasteiger partial charge < -0.3 is 23.7 Å². The summed E-state index contributed by atoms with van der Waals surface area (Å²) in [5.74, 6) is 0.668. The average Bonchev–Trinajstić information content (AvgIpc) is 3.35. The molecular formula is C33H30ClFN2O7S. The number of halogens is 2. The van der Waals surface area contributed by atoms with Gasteiger partial charge in [0.25, 0.3) is 5.56 Å². The van der Waals surface area contributed by atoms with E-state index in [4.69, 9.17) is 35.3 Å². The smallest absolute Gasteiger partial charge is 0.337 e. The first-order chi connectivity index (χ1) is 21.8. The number of thiazole rings is 1. The van der Waals surface area contributed by atoms with Crippen molar-refractivity contribution in [3.8, 4) is 23.0 Å². The molecule has 3 aromatic carbocycles. The number of methoxy groups -OCH3 is 2. The Labute approximate surface area is 267 Å². The van der Waals surface area contributed by atoms with Crippen LogP contribution in [-0.2, 0) is 16.1 Å². The molecule has 5 rings (SSSR count). The van der Waals surface area contributed by atoms with Crippen LogP contribution in [0.4, 0.5) is 4.39 Å². The fraction of sp³-hybridized carbons (Fsp3) is 0.242. The lowest BCUT2D eigenvalue weighted by molar-refractivity contribution is -0.136. The minimum absolute atomic E-state index is 0.0743. The zero-order chi connectivity index (χ0) is 32.1. The number of carbonyl (C=O) groups excluding carboxylic acids is 1. The summed E-state index contributed by atoms with van der Waals surface area (Å²) in [4.78, 5) is 31.6. The third-order valence-electron chi connectivity index (χ3n) is 6.83. The Morgan fingerprint density at radius 3 is 2.51 bits per heavy atom. The van der Waals surface area contributed by atoms with Gasteiger partial charge in [-0.2, -0.15) is 0 Å². The highest BCUT2D eigenvalue weighted by molar-refractivity contribution is 7.07. The number of hydrogen-bond donors (Lipinski definition) is 0. The van der Waals surface area contributed by atoms with Gasteiger partial charge in [-0.1, -0.05) is 41.1 Å². The predicted molar refractivity (Wildman–Crippen MR) is 169 cm³/mol. The number of benzene rings is 3. The van der Waals surface area contributed by atoms with Gasteiger partial charge in [0.15, 0.2) is 27.8 Å². The summed E-state index contributed by atoms with van der Waals surface area (Å²) in [5.41, 5.74) is 1.63. The Kier molecular flexibility index (Phi) is 9.90. The Balaban J connectivity index is 1.56. The molecule has 0 saturated heterocycles. The average molecular weight is 653 g/mol. The zero-order valence-electron chi connectivity index (χ0n) is 25.0. The maximum atomic E-state index is 14.0. The van der Waals surface area contributed by atoms with Crippen molar-refractivity contribution >= 4 is 35.0 Å². The number of rotatable bonds is 11. The summed E-state index contributed by atoms with van der Waals surface area (Å²) in [5, 5.41) is 0.244. The van der Waals surface area contributed by atoms with Crippen molar-refractivity contribution in [3.05, 3.63) is 114 Å². The molecule has 1 aliphatic heterocycles. The summed E-state index contributed by atoms with van der Waals surface area (Å²) in [6, 6.07) is 13.8. The van der Waals surface area contributed by atoms with Crippen LogP contribution in [0.1, 0.15) is 36.6 Å². The van der Waals surface area contributed by atoms with E-state index in [9.17, 15) is 14.0 Å². The SMILES string of the molecule is CCOc1ccc([C@@H]2C(C(=O)OC)=CN=c3s/c(=C\c4cc(Cl)c(OCc5cccc(F)c5)c(OC)c4)c(=O)n32)cc1OCC. The number of ether oxygens (including phenoxy) is 5. The summed E-state index contributed by atoms with van der Waals surface area (Å²) in [6.45, 7) is 4.64. The van der Waals surface area contributed by atoms with Crippen molar-refractivity contribution in [2.75, 3.05) is 27.4 Å². The van der Waals surface area contributed by atoms with Crippen molar-refractivity contribution in [1.82, 2.24) is 4.57 Å². The second-order valence-electron chi connectivity index (χ2n) is 9.70. The number of nitrogens with zero attached hydrogens (tertiary/aromatic N) is 2. The number of aromatic nitrogens is 1. The van der Waals surface area contributed by atoms with Crippen LogP contribution in [0.15, 0.2) is 76.2 Å². The number of fused-ring (bicyclic) bond motifs is 1. The molecule has 0 spiro atoms. The standard InChI is InChI=1S/C33H30ClFN2O7S/c1-5-42-25-11-10-21(16-26(25)43-6-2)29-23(32(39)41-4)17-36-33-37(29)31(38)28(45-33)15-20-13-24(34)30(27(14-20)40-3)44-18-19-8-7-9-22(35)12-19/h7-17,29H,5-6,18H2,1-4H3/b28-15-/t29-/m1/s1. The van der Waals surface area contributed by atoms with E-state index in [1.54, 1.807) is 48.5 Å². The highest BCUT2D eigenvalue weighted by Gasteiger charge is 2.31. The van der Waals surface area contributed by atoms with Crippen LogP contribution in [0.25, 0.3) is 6.08 Å². The fourth-order valence-corrected chi connectivity index (χ4v) is 6.13. The van der Waals surface area contributed by atoms with Crippen LogP contribution in [0.5, 0.6) is 23.0 Å². The van der Waals surface area contributed by atoms with E-state index in [1.165, 1.54) is 37.1 Å². The highest BCUT2D eigenvalue weighted by Crippen LogP contribution is 2.38. The first-order valence-corrected chi connectivity index (χ1v) is 15.2. The van der Waals surface area contributed by atoms with E-state index in [0.717, 1.165) is 11.3 Å². The monoisotopic (exact) mass is 652 g/mol. The second kappa shape index (κ2) is 14.0. The van der Waals surface area contributed by atoms with E-state index >= 15 is 0 Å². The quantitative estimate of drug-likeness (QED) is 0.206. The molecule has 2 heterocycles. The molecular weight excluding hydrogens is 623 g/mol. The van der Waals surface area contributed by atoms with E-state index in [0.29, 0.717) is 56.5 Å². The van der Waals surface area contributed by atoms with Gasteiger partial charge in [0.05, 0.1) is 48.6 Å². The van der Waals surface area contributed by atoms with Gasteiger partial charge in [-0.3, -0.25) is 9.36 Å². The lowest BCUT2D eigenvalue weighted by Crippen LogP contribution is -2.39. The van der Waals surface area contributed by atoms with Crippen LogP contribution in [0.2, 0.25) is 5.02 Å². The molecule has 1 aromatic heterocycles. The molecule has 0 bridgehead atoms. The molecule has 0 N–H and O–H groups in total. The molecule has 1 atom stereocenters. The largest absolute Gasteiger partial charge is 0.493 e. The van der Waals surface area contributed by atoms with Crippen molar-refractivity contribution in [2.24, 2.45) is 4.99 Å². The molecule has 45 heavy (non-hydrogen) atoms. The summed E-state index contributed by atoms with van der Waals surface area (Å²) < 4.78 is 43.4. The maximum Gasteiger partial charge on any atom is 0.337 e. The molecule has 0 unspecified atom stereocenters. The van der Waals surface area contributed by atoms with Crippen LogP contribution in [0, 0.1) is 5.82 Å². The highest BCUT2D eigenvalue weighted by atomic mass is 35.5. The molecule has 4 aromatic rings. The third kappa shape index (κ3) is 6.74. The zero-order valence-corrected chi connectivity index (χ0v) is 26.5. The van der Waals surface area contributed by atoms with Crippen molar-refractivity contribution in [3.63, 3.8) is 0 Å². The van der Waals surface area contributed by atoms with Crippen LogP contribution >= 0.6 is 22.9 Å². The molecule has 0 fully saturated rings. The topological polar surface area (TPSA) is 97.6 Å². The van der Waals surface area contributed by atoms with Gasteiger partial charge in [0, 0.05) is 6.20 Å². The third-order valence-corrected chi connectivity index (χ3v) is 8.11. The fourth-order valence-electron chi connectivity index (χ4n) is 4.88. The molecule has 0 aliphatic carbocycles. The van der Waals surface area contributed by atoms with Crippen LogP contribution in [0.3, 0.4) is 0 Å². The summed E-state index contributed by atoms with van der Waals surface area (Å²) in [6.07, 6.45) is 3.09. The Hall–Kier alpha value is -4.61. The van der Waals surface area contributed by atoms with Gasteiger partial charge >= 0.3 is 5.97 Å². The minimum atomic E-state index is -0.831. The molecule has 234 valence electrons. The number of hydrogen-bond acceptors (Lipinski definition) is 9. The molecule has 9 nitrogen and oxygen atoms in total. The predicted octanol–water partition coefficient (Wildman–Crippen LogP) is 5.20. The Bertz CT molecular complexity index is 1950. The lowest BCUT2D eigenvalue weighted by atomic mass is 9.97. The molecule has 0 amide bonds. The number of esters is 1. The normalized spacial score (nSPS) is 14.2. The molecule has 12 heteroatoms. The summed E-state index contributed by atoms with van der Waals surface area (Å²) in [7, 11) is 2.75. The molecule has 0 saturated carbocycles. The Morgan fingerprint density at radius 1 is 1.02 bits per heavy atom. The summed E-state index contributed by atoms with van der Waals surface area (Å²) >= 11 is 7.75. The van der Waals surface area contributed by atoms with Crippen LogP contribution in [-0.4, -0.2) is 38.0 Å².